The van der Waals surface area contributed by atoms with Crippen molar-refractivity contribution in [3.8, 4) is 17.2 Å². The highest BCUT2D eigenvalue weighted by molar-refractivity contribution is 7.92. The Kier molecular flexibility index (Phi) is 3.86. The number of hydrogen-bond donors (Lipinski definition) is 4. The van der Waals surface area contributed by atoms with Crippen LogP contribution in [0.25, 0.3) is 0 Å². The maximum absolute atomic E-state index is 11.6. The molecule has 4 N–H and O–H groups in total. The molecule has 1 atom stereocenters. The van der Waals surface area contributed by atoms with Gasteiger partial charge in [-0.15, -0.1) is 0 Å². The topological polar surface area (TPSA) is 107 Å². The molecule has 0 aromatic heterocycles. The summed E-state index contributed by atoms with van der Waals surface area (Å²) in [5.74, 6) is -1.10. The minimum absolute atomic E-state index is 0.228. The van der Waals surface area contributed by atoms with Crippen molar-refractivity contribution in [2.75, 3.05) is 12.3 Å². The molecule has 0 aliphatic carbocycles. The van der Waals surface area contributed by atoms with E-state index in [-0.39, 0.29) is 29.0 Å². The number of hydrogen-bond acceptors (Lipinski definition) is 6. The van der Waals surface area contributed by atoms with Crippen molar-refractivity contribution in [1.29, 1.82) is 0 Å². The Morgan fingerprint density at radius 1 is 1.21 bits per heavy atom. The molecule has 1 fully saturated rings. The quantitative estimate of drug-likeness (QED) is 0.600. The third-order valence-corrected chi connectivity index (χ3v) is 5.64. The van der Waals surface area contributed by atoms with Crippen molar-refractivity contribution in [3.63, 3.8) is 0 Å². The summed E-state index contributed by atoms with van der Waals surface area (Å²) in [5, 5.41) is 30.7. The number of nitrogens with one attached hydrogen (secondary N) is 1. The number of rotatable bonds is 4. The molecule has 0 amide bonds. The average Bonchev–Trinajstić information content (AvgIpc) is 2.69. The van der Waals surface area contributed by atoms with E-state index in [1.165, 1.54) is 12.1 Å². The molecule has 19 heavy (non-hydrogen) atoms. The van der Waals surface area contributed by atoms with E-state index in [1.807, 2.05) is 0 Å². The van der Waals surface area contributed by atoms with Gasteiger partial charge >= 0.3 is 0 Å². The Hall–Kier alpha value is -1.47. The molecule has 1 aromatic carbocycles. The Labute approximate surface area is 111 Å². The van der Waals surface area contributed by atoms with Gasteiger partial charge in [0.15, 0.2) is 21.3 Å². The lowest BCUT2D eigenvalue weighted by Gasteiger charge is -2.12. The summed E-state index contributed by atoms with van der Waals surface area (Å²) in [5.41, 5.74) is 0.408. The van der Waals surface area contributed by atoms with Crippen molar-refractivity contribution >= 4 is 9.84 Å². The first-order valence-corrected chi connectivity index (χ1v) is 7.78. The Morgan fingerprint density at radius 2 is 1.95 bits per heavy atom. The van der Waals surface area contributed by atoms with Crippen LogP contribution in [0.1, 0.15) is 18.4 Å². The highest BCUT2D eigenvalue weighted by atomic mass is 32.2. The third-order valence-electron chi connectivity index (χ3n) is 3.36. The fraction of sp³-hybridized carbons (Fsp3) is 0.500. The summed E-state index contributed by atoms with van der Waals surface area (Å²) in [6.07, 6.45) is 1.35. The van der Waals surface area contributed by atoms with E-state index < -0.39 is 15.6 Å². The number of benzene rings is 1. The summed E-state index contributed by atoms with van der Waals surface area (Å²) in [6.45, 7) is 0.551. The van der Waals surface area contributed by atoms with Gasteiger partial charge in [0.2, 0.25) is 5.75 Å². The van der Waals surface area contributed by atoms with Crippen LogP contribution in [0.15, 0.2) is 12.1 Å². The first kappa shape index (κ1) is 14.0. The zero-order chi connectivity index (χ0) is 14.0. The molecule has 106 valence electrons. The van der Waals surface area contributed by atoms with E-state index in [0.29, 0.717) is 24.9 Å². The van der Waals surface area contributed by atoms with Crippen molar-refractivity contribution in [2.24, 2.45) is 0 Å². The first-order valence-electron chi connectivity index (χ1n) is 6.07. The van der Waals surface area contributed by atoms with E-state index in [9.17, 15) is 23.7 Å². The largest absolute Gasteiger partial charge is 0.504 e. The van der Waals surface area contributed by atoms with Crippen LogP contribution < -0.4 is 5.32 Å². The molecule has 6 nitrogen and oxygen atoms in total. The smallest absolute Gasteiger partial charge is 0.200 e. The van der Waals surface area contributed by atoms with E-state index in [0.717, 1.165) is 0 Å². The van der Waals surface area contributed by atoms with Gasteiger partial charge in [0.05, 0.1) is 11.0 Å². The second-order valence-electron chi connectivity index (χ2n) is 4.70. The Morgan fingerprint density at radius 3 is 2.58 bits per heavy atom. The molecule has 0 radical (unpaired) electrons. The van der Waals surface area contributed by atoms with Crippen molar-refractivity contribution in [1.82, 2.24) is 5.32 Å². The van der Waals surface area contributed by atoms with Crippen molar-refractivity contribution in [2.45, 2.75) is 24.6 Å². The van der Waals surface area contributed by atoms with Crippen LogP contribution in [-0.2, 0) is 16.4 Å². The lowest BCUT2D eigenvalue weighted by Crippen LogP contribution is -2.30. The maximum Gasteiger partial charge on any atom is 0.200 e. The summed E-state index contributed by atoms with van der Waals surface area (Å²) >= 11 is 0. The normalized spacial score (nSPS) is 21.6. The fourth-order valence-electron chi connectivity index (χ4n) is 2.21. The molecule has 1 unspecified atom stereocenters. The van der Waals surface area contributed by atoms with E-state index >= 15 is 0 Å². The lowest BCUT2D eigenvalue weighted by atomic mass is 10.1. The molecule has 1 saturated heterocycles. The van der Waals surface area contributed by atoms with Crippen molar-refractivity contribution in [3.05, 3.63) is 17.7 Å². The Balaban J connectivity index is 1.95. The molecule has 1 heterocycles. The average molecular weight is 287 g/mol. The predicted molar refractivity (Wildman–Crippen MR) is 70.0 cm³/mol. The predicted octanol–water partition coefficient (Wildman–Crippen LogP) is 0.470. The summed E-state index contributed by atoms with van der Waals surface area (Å²) < 4.78 is 23.2. The highest BCUT2D eigenvalue weighted by Gasteiger charge is 2.30. The van der Waals surface area contributed by atoms with Gasteiger partial charge in [-0.3, -0.25) is 0 Å². The summed E-state index contributed by atoms with van der Waals surface area (Å²) in [6, 6.07) is 2.75. The van der Waals surface area contributed by atoms with Crippen molar-refractivity contribution < 1.29 is 23.7 Å². The van der Waals surface area contributed by atoms with Gasteiger partial charge in [0, 0.05) is 18.7 Å². The molecule has 7 heteroatoms. The van der Waals surface area contributed by atoms with Crippen LogP contribution in [0, 0.1) is 0 Å². The van der Waals surface area contributed by atoms with E-state index in [1.54, 1.807) is 0 Å². The van der Waals surface area contributed by atoms with Gasteiger partial charge < -0.3 is 20.6 Å². The van der Waals surface area contributed by atoms with Crippen LogP contribution in [0.3, 0.4) is 0 Å². The summed E-state index contributed by atoms with van der Waals surface area (Å²) in [4.78, 5) is 0. The maximum atomic E-state index is 11.6. The molecular formula is C12H17NO5S. The van der Waals surface area contributed by atoms with Gasteiger partial charge in [0.25, 0.3) is 0 Å². The summed E-state index contributed by atoms with van der Waals surface area (Å²) in [7, 11) is -2.98. The number of sulfone groups is 1. The lowest BCUT2D eigenvalue weighted by molar-refractivity contribution is 0.364. The SMILES string of the molecule is O=S1(=O)CCCC1CNCc1ccc(O)c(O)c1O. The van der Waals surface area contributed by atoms with Gasteiger partial charge in [0.1, 0.15) is 0 Å². The second-order valence-corrected chi connectivity index (χ2v) is 7.10. The molecule has 2 rings (SSSR count). The number of phenols is 3. The van der Waals surface area contributed by atoms with Gasteiger partial charge in [-0.2, -0.15) is 0 Å². The van der Waals surface area contributed by atoms with Crippen LogP contribution in [-0.4, -0.2) is 41.3 Å². The van der Waals surface area contributed by atoms with E-state index in [4.69, 9.17) is 0 Å². The standard InChI is InChI=1S/C12H17NO5S/c14-10-4-3-8(11(15)12(10)16)6-13-7-9-2-1-5-19(9,17)18/h3-4,9,13-16H,1-2,5-7H2. The van der Waals surface area contributed by atoms with Crippen LogP contribution in [0.4, 0.5) is 0 Å². The molecular weight excluding hydrogens is 270 g/mol. The molecule has 0 spiro atoms. The second kappa shape index (κ2) is 5.26. The van der Waals surface area contributed by atoms with E-state index in [2.05, 4.69) is 5.32 Å². The van der Waals surface area contributed by atoms with Crippen LogP contribution >= 0.6 is 0 Å². The fourth-order valence-corrected chi connectivity index (χ4v) is 4.01. The minimum Gasteiger partial charge on any atom is -0.504 e. The molecule has 1 aliphatic rings. The zero-order valence-electron chi connectivity index (χ0n) is 10.3. The molecule has 1 aromatic rings. The zero-order valence-corrected chi connectivity index (χ0v) is 11.2. The van der Waals surface area contributed by atoms with Gasteiger partial charge in [-0.25, -0.2) is 8.42 Å². The third kappa shape index (κ3) is 2.93. The first-order chi connectivity index (χ1) is 8.92. The van der Waals surface area contributed by atoms with Crippen LogP contribution in [0.5, 0.6) is 17.2 Å². The molecule has 0 bridgehead atoms. The van der Waals surface area contributed by atoms with Crippen LogP contribution in [0.2, 0.25) is 0 Å². The van der Waals surface area contributed by atoms with Gasteiger partial charge in [-0.1, -0.05) is 6.07 Å². The monoisotopic (exact) mass is 287 g/mol. The number of phenolic OH excluding ortho intramolecular Hbond substituents is 3. The Bertz CT molecular complexity index is 570. The molecule has 1 aliphatic heterocycles. The number of aromatic hydroxyl groups is 3. The highest BCUT2D eigenvalue weighted by Crippen LogP contribution is 2.36. The minimum atomic E-state index is -2.98. The molecule has 0 saturated carbocycles. The van der Waals surface area contributed by atoms with Gasteiger partial charge in [-0.05, 0) is 18.9 Å².